The second-order valence-corrected chi connectivity index (χ2v) is 8.15. The van der Waals surface area contributed by atoms with Crippen molar-refractivity contribution in [1.82, 2.24) is 24.8 Å². The van der Waals surface area contributed by atoms with Crippen molar-refractivity contribution in [2.24, 2.45) is 0 Å². The molecule has 1 aromatic carbocycles. The molecule has 0 saturated carbocycles. The average Bonchev–Trinajstić information content (AvgIpc) is 3.07. The first-order valence-electron chi connectivity index (χ1n) is 10.7. The minimum atomic E-state index is -0.285. The van der Waals surface area contributed by atoms with Crippen LogP contribution in [0.1, 0.15) is 54.3 Å². The number of hydrogen-bond acceptors (Lipinski definition) is 6. The third-order valence-corrected chi connectivity index (χ3v) is 6.16. The molecule has 2 fully saturated rings. The van der Waals surface area contributed by atoms with E-state index in [2.05, 4.69) is 15.0 Å². The quantitative estimate of drug-likeness (QED) is 0.771. The molecule has 160 valence electrons. The van der Waals surface area contributed by atoms with Crippen LogP contribution in [-0.4, -0.2) is 75.4 Å². The Morgan fingerprint density at radius 3 is 2.43 bits per heavy atom. The zero-order valence-corrected chi connectivity index (χ0v) is 17.7. The Hall–Kier alpha value is -2.74. The van der Waals surface area contributed by atoms with Gasteiger partial charge in [0.2, 0.25) is 5.91 Å². The van der Waals surface area contributed by atoms with Gasteiger partial charge in [0.05, 0.1) is 0 Å². The van der Waals surface area contributed by atoms with Gasteiger partial charge in [0.15, 0.2) is 5.82 Å². The van der Waals surface area contributed by atoms with Gasteiger partial charge in [-0.05, 0) is 38.3 Å². The fraction of sp³-hybridized carbons (Fsp3) is 0.545. The fourth-order valence-electron chi connectivity index (χ4n) is 4.54. The first-order valence-corrected chi connectivity index (χ1v) is 10.7. The van der Waals surface area contributed by atoms with Gasteiger partial charge in [-0.15, -0.1) is 0 Å². The molecule has 0 bridgehead atoms. The first kappa shape index (κ1) is 20.5. The van der Waals surface area contributed by atoms with Crippen LogP contribution >= 0.6 is 0 Å². The van der Waals surface area contributed by atoms with Gasteiger partial charge in [-0.1, -0.05) is 23.4 Å². The monoisotopic (exact) mass is 411 g/mol. The van der Waals surface area contributed by atoms with E-state index >= 15 is 0 Å². The van der Waals surface area contributed by atoms with E-state index < -0.39 is 0 Å². The lowest BCUT2D eigenvalue weighted by atomic mass is 10.0. The molecule has 3 heterocycles. The highest BCUT2D eigenvalue weighted by atomic mass is 16.5. The maximum Gasteiger partial charge on any atom is 0.254 e. The summed E-state index contributed by atoms with van der Waals surface area (Å²) in [7, 11) is 0. The Labute approximate surface area is 176 Å². The van der Waals surface area contributed by atoms with Crippen molar-refractivity contribution in [3.63, 3.8) is 0 Å². The molecule has 0 aliphatic carbocycles. The van der Waals surface area contributed by atoms with E-state index in [1.54, 1.807) is 13.8 Å². The first-order chi connectivity index (χ1) is 14.5. The topological polar surface area (TPSA) is 82.8 Å². The number of nitrogens with zero attached hydrogens (tertiary/aromatic N) is 5. The number of piperidine rings is 1. The zero-order chi connectivity index (χ0) is 21.1. The highest BCUT2D eigenvalue weighted by molar-refractivity contribution is 5.94. The van der Waals surface area contributed by atoms with E-state index in [1.165, 1.54) is 0 Å². The predicted molar refractivity (Wildman–Crippen MR) is 111 cm³/mol. The van der Waals surface area contributed by atoms with Gasteiger partial charge >= 0.3 is 0 Å². The summed E-state index contributed by atoms with van der Waals surface area (Å²) < 4.78 is 5.53. The molecule has 0 radical (unpaired) electrons. The highest BCUT2D eigenvalue weighted by Crippen LogP contribution is 2.29. The molecular weight excluding hydrogens is 382 g/mol. The minimum absolute atomic E-state index is 0.00954. The number of rotatable bonds is 3. The molecule has 1 unspecified atom stereocenters. The Morgan fingerprint density at radius 2 is 1.80 bits per heavy atom. The van der Waals surface area contributed by atoms with E-state index in [0.29, 0.717) is 36.4 Å². The maximum atomic E-state index is 13.3. The van der Waals surface area contributed by atoms with Crippen molar-refractivity contribution in [2.75, 3.05) is 32.7 Å². The Balaban J connectivity index is 1.56. The van der Waals surface area contributed by atoms with Crippen LogP contribution in [0.25, 0.3) is 0 Å². The summed E-state index contributed by atoms with van der Waals surface area (Å²) in [6.07, 6.45) is 2.78. The zero-order valence-electron chi connectivity index (χ0n) is 17.7. The summed E-state index contributed by atoms with van der Waals surface area (Å²) in [6.45, 7) is 7.21. The number of amides is 2. The van der Waals surface area contributed by atoms with Crippen LogP contribution in [0.2, 0.25) is 0 Å². The third-order valence-electron chi connectivity index (χ3n) is 6.16. The molecule has 0 spiro atoms. The lowest BCUT2D eigenvalue weighted by Gasteiger charge is -2.39. The van der Waals surface area contributed by atoms with E-state index in [-0.39, 0.29) is 17.9 Å². The van der Waals surface area contributed by atoms with Crippen LogP contribution in [0.4, 0.5) is 0 Å². The van der Waals surface area contributed by atoms with Crippen molar-refractivity contribution >= 4 is 11.8 Å². The van der Waals surface area contributed by atoms with Crippen molar-refractivity contribution in [3.8, 4) is 0 Å². The summed E-state index contributed by atoms with van der Waals surface area (Å²) in [5, 5.41) is 3.97. The molecule has 2 aliphatic heterocycles. The molecule has 2 aromatic rings. The van der Waals surface area contributed by atoms with Gasteiger partial charge in [0.1, 0.15) is 6.04 Å². The number of carbonyl (C=O) groups is 2. The van der Waals surface area contributed by atoms with Gasteiger partial charge < -0.3 is 14.3 Å². The smallest absolute Gasteiger partial charge is 0.254 e. The maximum absolute atomic E-state index is 13.3. The summed E-state index contributed by atoms with van der Waals surface area (Å²) in [6, 6.07) is 9.47. The van der Waals surface area contributed by atoms with Gasteiger partial charge in [0, 0.05) is 51.3 Å². The van der Waals surface area contributed by atoms with Gasteiger partial charge in [-0.3, -0.25) is 14.5 Å². The molecule has 30 heavy (non-hydrogen) atoms. The lowest BCUT2D eigenvalue weighted by Crippen LogP contribution is -2.48. The molecule has 8 heteroatoms. The van der Waals surface area contributed by atoms with Crippen molar-refractivity contribution in [1.29, 1.82) is 0 Å². The molecule has 2 amide bonds. The predicted octanol–water partition coefficient (Wildman–Crippen LogP) is 2.28. The molecule has 4 rings (SSSR count). The van der Waals surface area contributed by atoms with Gasteiger partial charge in [-0.2, -0.15) is 4.98 Å². The van der Waals surface area contributed by atoms with Crippen LogP contribution in [0.5, 0.6) is 0 Å². The van der Waals surface area contributed by atoms with Crippen LogP contribution in [0.3, 0.4) is 0 Å². The molecule has 2 aliphatic rings. The largest absolute Gasteiger partial charge is 0.343 e. The van der Waals surface area contributed by atoms with Crippen molar-refractivity contribution < 1.29 is 14.1 Å². The number of benzene rings is 1. The van der Waals surface area contributed by atoms with Gasteiger partial charge in [0.25, 0.3) is 11.8 Å². The van der Waals surface area contributed by atoms with Crippen molar-refractivity contribution in [3.05, 3.63) is 47.6 Å². The van der Waals surface area contributed by atoms with Crippen molar-refractivity contribution in [2.45, 2.75) is 45.2 Å². The normalized spacial score (nSPS) is 21.5. The molecule has 8 nitrogen and oxygen atoms in total. The molecule has 2 saturated heterocycles. The summed E-state index contributed by atoms with van der Waals surface area (Å²) in [4.78, 5) is 35.7. The SMILES string of the molecule is CC(=O)N1CCC(N2CCCN(C(=O)c3ccccc3)C(c3nc(C)no3)C2)CC1. The van der Waals surface area contributed by atoms with Crippen LogP contribution < -0.4 is 0 Å². The van der Waals surface area contributed by atoms with E-state index in [4.69, 9.17) is 4.52 Å². The highest BCUT2D eigenvalue weighted by Gasteiger charge is 2.36. The number of aryl methyl sites for hydroxylation is 1. The molecular formula is C22H29N5O3. The third kappa shape index (κ3) is 4.38. The van der Waals surface area contributed by atoms with Crippen LogP contribution in [-0.2, 0) is 4.79 Å². The van der Waals surface area contributed by atoms with E-state index in [0.717, 1.165) is 38.9 Å². The van der Waals surface area contributed by atoms with E-state index in [9.17, 15) is 9.59 Å². The Bertz CT molecular complexity index is 876. The number of hydrogen-bond donors (Lipinski definition) is 0. The lowest BCUT2D eigenvalue weighted by molar-refractivity contribution is -0.130. The van der Waals surface area contributed by atoms with Crippen LogP contribution in [0, 0.1) is 6.92 Å². The molecule has 0 N–H and O–H groups in total. The fourth-order valence-corrected chi connectivity index (χ4v) is 4.54. The summed E-state index contributed by atoms with van der Waals surface area (Å²) in [5.41, 5.74) is 0.668. The van der Waals surface area contributed by atoms with E-state index in [1.807, 2.05) is 40.1 Å². The number of likely N-dealkylation sites (tertiary alicyclic amines) is 1. The van der Waals surface area contributed by atoms with Crippen LogP contribution in [0.15, 0.2) is 34.9 Å². The second kappa shape index (κ2) is 8.95. The second-order valence-electron chi connectivity index (χ2n) is 8.15. The minimum Gasteiger partial charge on any atom is -0.343 e. The average molecular weight is 412 g/mol. The summed E-state index contributed by atoms with van der Waals surface area (Å²) in [5.74, 6) is 1.19. The Kier molecular flexibility index (Phi) is 6.13. The molecule has 1 atom stereocenters. The van der Waals surface area contributed by atoms with Gasteiger partial charge in [-0.25, -0.2) is 0 Å². The summed E-state index contributed by atoms with van der Waals surface area (Å²) >= 11 is 0. The number of carbonyl (C=O) groups excluding carboxylic acids is 2. The Morgan fingerprint density at radius 1 is 1.07 bits per heavy atom. The molecule has 1 aromatic heterocycles. The standard InChI is InChI=1S/C22H29N5O3/c1-16-23-21(30-24-16)20-15-26(19-9-13-25(14-10-19)17(2)28)11-6-12-27(20)22(29)18-7-4-3-5-8-18/h3-5,7-8,19-20H,6,9-15H2,1-2H3. The number of aromatic nitrogens is 2.